The summed E-state index contributed by atoms with van der Waals surface area (Å²) in [6.45, 7) is 3.63. The van der Waals surface area contributed by atoms with Gasteiger partial charge in [-0.2, -0.15) is 0 Å². The molecule has 0 aliphatic rings. The topological polar surface area (TPSA) is 94.5 Å². The monoisotopic (exact) mass is 573 g/mol. The third kappa shape index (κ3) is 15.3. The molecule has 2 aromatic rings. The zero-order valence-corrected chi connectivity index (χ0v) is 26.0. The van der Waals surface area contributed by atoms with Gasteiger partial charge >= 0.3 is 5.97 Å². The molecule has 0 spiro atoms. The maximum Gasteiger partial charge on any atom is 0.336 e. The second kappa shape index (κ2) is 20.4. The van der Waals surface area contributed by atoms with Crippen molar-refractivity contribution in [3.63, 3.8) is 0 Å². The first-order valence-corrected chi connectivity index (χ1v) is 16.1. The lowest BCUT2D eigenvalue weighted by Gasteiger charge is -2.23. The van der Waals surface area contributed by atoms with Gasteiger partial charge in [0.15, 0.2) is 0 Å². The fraction of sp³-hybridized carbons (Fsp3) is 0.576. The normalized spacial score (nSPS) is 11.9. The van der Waals surface area contributed by atoms with Crippen molar-refractivity contribution in [1.82, 2.24) is 0 Å². The molecule has 40 heavy (non-hydrogen) atoms. The molecule has 0 saturated carbocycles. The number of aromatic carboxylic acids is 2. The minimum absolute atomic E-state index is 0.0150. The fourth-order valence-corrected chi connectivity index (χ4v) is 5.85. The number of rotatable bonds is 19. The number of benzene rings is 2. The van der Waals surface area contributed by atoms with Crippen LogP contribution in [-0.4, -0.2) is 53.4 Å². The average Bonchev–Trinajstić information content (AvgIpc) is 2.92. The second-order valence-electron chi connectivity index (χ2n) is 11.5. The Labute approximate surface area is 244 Å². The predicted molar refractivity (Wildman–Crippen MR) is 162 cm³/mol. The van der Waals surface area contributed by atoms with E-state index in [4.69, 9.17) is 5.11 Å². The van der Waals surface area contributed by atoms with E-state index in [2.05, 4.69) is 28.1 Å². The van der Waals surface area contributed by atoms with E-state index in [1.807, 2.05) is 0 Å². The van der Waals surface area contributed by atoms with Gasteiger partial charge < -0.3 is 19.5 Å². The molecule has 0 aliphatic heterocycles. The van der Waals surface area contributed by atoms with Gasteiger partial charge in [-0.15, -0.1) is 0 Å². The van der Waals surface area contributed by atoms with Crippen LogP contribution < -0.4 is 5.11 Å². The predicted octanol–water partition coefficient (Wildman–Crippen LogP) is 7.09. The molecule has 0 heterocycles. The zero-order valence-electron chi connectivity index (χ0n) is 25.2. The molecule has 0 aliphatic carbocycles. The summed E-state index contributed by atoms with van der Waals surface area (Å²) in [7, 11) is 4.97. The van der Waals surface area contributed by atoms with E-state index >= 15 is 0 Å². The van der Waals surface area contributed by atoms with Gasteiger partial charge in [0.25, 0.3) is 0 Å². The molecular formula is C33H51NO5S. The molecule has 1 N–H and O–H groups in total. The number of carboxylic acids is 2. The first-order valence-electron chi connectivity index (χ1n) is 14.9. The summed E-state index contributed by atoms with van der Waals surface area (Å²) in [4.78, 5) is 22.2. The molecule has 2 rings (SSSR count). The van der Waals surface area contributed by atoms with Crippen molar-refractivity contribution in [3.05, 3.63) is 59.7 Å². The molecule has 0 bridgehead atoms. The molecule has 0 radical (unpaired) electrons. The molecule has 6 nitrogen and oxygen atoms in total. The lowest BCUT2D eigenvalue weighted by Crippen LogP contribution is -2.35. The molecule has 2 aromatic carbocycles. The largest absolute Gasteiger partial charge is 0.545 e. The molecule has 0 fully saturated rings. The van der Waals surface area contributed by atoms with Crippen molar-refractivity contribution in [1.29, 1.82) is 0 Å². The van der Waals surface area contributed by atoms with Gasteiger partial charge in [-0.1, -0.05) is 114 Å². The third-order valence-corrected chi connectivity index (χ3v) is 8.32. The lowest BCUT2D eigenvalue weighted by molar-refractivity contribution is -0.870. The number of carboxylic acid groups (broad SMARTS) is 2. The highest BCUT2D eigenvalue weighted by Gasteiger charge is 2.18. The van der Waals surface area contributed by atoms with Crippen LogP contribution in [-0.2, 0) is 10.8 Å². The van der Waals surface area contributed by atoms with Crippen molar-refractivity contribution in [2.75, 3.05) is 27.7 Å². The van der Waals surface area contributed by atoms with E-state index in [1.165, 1.54) is 139 Å². The summed E-state index contributed by atoms with van der Waals surface area (Å²) in [6.07, 6.45) is 20.4. The minimum Gasteiger partial charge on any atom is -0.545 e. The Morgan fingerprint density at radius 1 is 0.675 bits per heavy atom. The maximum absolute atomic E-state index is 12.5. The number of nitrogens with zero attached hydrogens (tertiary/aromatic N) is 1. The highest BCUT2D eigenvalue weighted by atomic mass is 32.2. The van der Waals surface area contributed by atoms with Gasteiger partial charge in [0.1, 0.15) is 0 Å². The molecule has 0 aromatic heterocycles. The van der Waals surface area contributed by atoms with E-state index in [-0.39, 0.29) is 20.9 Å². The molecule has 1 unspecified atom stereocenters. The quantitative estimate of drug-likeness (QED) is 0.143. The molecule has 1 atom stereocenters. The first-order chi connectivity index (χ1) is 19.1. The highest BCUT2D eigenvalue weighted by Crippen LogP contribution is 2.23. The Bertz CT molecular complexity index is 972. The highest BCUT2D eigenvalue weighted by molar-refractivity contribution is 7.85. The Balaban J connectivity index is 0.000000400. The first kappa shape index (κ1) is 35.5. The zero-order chi connectivity index (χ0) is 29.8. The Hall–Kier alpha value is -2.51. The van der Waals surface area contributed by atoms with Crippen LogP contribution in [0.15, 0.2) is 58.3 Å². The number of carbonyl (C=O) groups is 2. The van der Waals surface area contributed by atoms with Crippen molar-refractivity contribution >= 4 is 22.7 Å². The molecule has 224 valence electrons. The van der Waals surface area contributed by atoms with Crippen LogP contribution >= 0.6 is 0 Å². The van der Waals surface area contributed by atoms with Crippen LogP contribution in [0.3, 0.4) is 0 Å². The van der Waals surface area contributed by atoms with Crippen molar-refractivity contribution < 1.29 is 28.5 Å². The van der Waals surface area contributed by atoms with Crippen LogP contribution in [0.2, 0.25) is 0 Å². The van der Waals surface area contributed by atoms with Crippen LogP contribution in [0.1, 0.15) is 118 Å². The van der Waals surface area contributed by atoms with Crippen LogP contribution in [0.25, 0.3) is 0 Å². The number of unbranched alkanes of at least 4 members (excludes halogenated alkanes) is 13. The summed E-state index contributed by atoms with van der Waals surface area (Å²) in [5.41, 5.74) is -0.343. The van der Waals surface area contributed by atoms with Crippen LogP contribution in [0.5, 0.6) is 0 Å². The Kier molecular flexibility index (Phi) is 18.1. The van der Waals surface area contributed by atoms with Crippen molar-refractivity contribution in [2.24, 2.45) is 0 Å². The molecular weight excluding hydrogens is 522 g/mol. The minimum atomic E-state index is -1.91. The number of carbonyl (C=O) groups excluding carboxylic acids is 1. The second-order valence-corrected chi connectivity index (χ2v) is 12.9. The summed E-state index contributed by atoms with van der Waals surface area (Å²) < 4.78 is 13.6. The van der Waals surface area contributed by atoms with Crippen LogP contribution in [0.4, 0.5) is 0 Å². The standard InChI is InChI=1S/C19H42N.C14H10O5S/c1-5-6-7-8-9-10-11-12-13-14-15-16-17-18-19-20(2,3)4;15-13(16)9-5-1-3-7-11(9)20(19)12-8-4-2-6-10(12)14(17)18/h5-19H2,1-4H3;1-8H,(H,15,16)(H,17,18)/q+1;/p-1. The van der Waals surface area contributed by atoms with Gasteiger partial charge in [0.2, 0.25) is 0 Å². The van der Waals surface area contributed by atoms with E-state index < -0.39 is 22.7 Å². The Morgan fingerprint density at radius 2 is 1.05 bits per heavy atom. The van der Waals surface area contributed by atoms with E-state index in [1.54, 1.807) is 6.07 Å². The van der Waals surface area contributed by atoms with Gasteiger partial charge in [0.05, 0.1) is 59.8 Å². The third-order valence-electron chi connectivity index (χ3n) is 6.81. The van der Waals surface area contributed by atoms with Crippen molar-refractivity contribution in [3.8, 4) is 0 Å². The summed E-state index contributed by atoms with van der Waals surface area (Å²) in [6, 6.07) is 11.4. The number of hydrogen-bond acceptors (Lipinski definition) is 4. The lowest BCUT2D eigenvalue weighted by atomic mass is 10.0. The van der Waals surface area contributed by atoms with Gasteiger partial charge in [0, 0.05) is 5.56 Å². The summed E-state index contributed by atoms with van der Waals surface area (Å²) in [5.74, 6) is -2.68. The molecule has 0 saturated heterocycles. The number of hydrogen-bond donors (Lipinski definition) is 1. The van der Waals surface area contributed by atoms with Crippen molar-refractivity contribution in [2.45, 2.75) is 107 Å². The average molecular weight is 574 g/mol. The summed E-state index contributed by atoms with van der Waals surface area (Å²) in [5, 5.41) is 20.1. The van der Waals surface area contributed by atoms with Crippen LogP contribution in [0, 0.1) is 0 Å². The van der Waals surface area contributed by atoms with Gasteiger partial charge in [-0.3, -0.25) is 0 Å². The fourth-order valence-electron chi connectivity index (χ4n) is 4.50. The number of quaternary nitrogens is 1. The van der Waals surface area contributed by atoms with Gasteiger partial charge in [-0.05, 0) is 31.0 Å². The molecule has 0 amide bonds. The summed E-state index contributed by atoms with van der Waals surface area (Å²) >= 11 is 0. The molecule has 7 heteroatoms. The smallest absolute Gasteiger partial charge is 0.336 e. The van der Waals surface area contributed by atoms with Gasteiger partial charge in [-0.25, -0.2) is 9.00 Å². The maximum atomic E-state index is 12.5. The van der Waals surface area contributed by atoms with E-state index in [9.17, 15) is 18.9 Å². The van der Waals surface area contributed by atoms with E-state index in [0.29, 0.717) is 0 Å². The van der Waals surface area contributed by atoms with E-state index in [0.717, 1.165) is 4.48 Å². The Morgan fingerprint density at radius 3 is 1.45 bits per heavy atom. The SMILES string of the molecule is CCCCCCCCCCCCCCCC[N+](C)(C)C.O=C([O-])c1ccccc1S(=O)c1ccccc1C(=O)O.